The highest BCUT2D eigenvalue weighted by molar-refractivity contribution is 7.19. The number of imide groups is 1. The zero-order valence-electron chi connectivity index (χ0n) is 18.4. The Morgan fingerprint density at radius 2 is 1.97 bits per heavy atom. The molecule has 1 unspecified atom stereocenters. The lowest BCUT2D eigenvalue weighted by Gasteiger charge is -2.22. The number of aliphatic carboxylic acids is 1. The average Bonchev–Trinajstić information content (AvgIpc) is 3.21. The van der Waals surface area contributed by atoms with Gasteiger partial charge in [0.2, 0.25) is 0 Å². The molecule has 2 aromatic rings. The number of nitrogens with zero attached hydrogens (tertiary/aromatic N) is 3. The molecule has 1 aromatic carbocycles. The first-order chi connectivity index (χ1) is 15.1. The molecule has 2 heterocycles. The van der Waals surface area contributed by atoms with Crippen LogP contribution in [0.15, 0.2) is 23.4 Å². The van der Waals surface area contributed by atoms with Crippen LogP contribution in [-0.4, -0.2) is 62.9 Å². The normalized spacial score (nSPS) is 19.5. The van der Waals surface area contributed by atoms with E-state index in [2.05, 4.69) is 5.16 Å². The van der Waals surface area contributed by atoms with E-state index in [9.17, 15) is 24.7 Å². The summed E-state index contributed by atoms with van der Waals surface area (Å²) in [7, 11) is 1.52. The van der Waals surface area contributed by atoms with Crippen LogP contribution in [0.25, 0.3) is 10.1 Å². The first-order valence-electron chi connectivity index (χ1n) is 10.7. The van der Waals surface area contributed by atoms with Crippen molar-refractivity contribution in [2.24, 2.45) is 11.1 Å². The van der Waals surface area contributed by atoms with Gasteiger partial charge < -0.3 is 15.2 Å². The van der Waals surface area contributed by atoms with Crippen molar-refractivity contribution in [3.8, 4) is 0 Å². The summed E-state index contributed by atoms with van der Waals surface area (Å²) >= 11 is 1.74. The predicted octanol–water partition coefficient (Wildman–Crippen LogP) is 3.72. The van der Waals surface area contributed by atoms with Gasteiger partial charge >= 0.3 is 12.0 Å². The summed E-state index contributed by atoms with van der Waals surface area (Å²) in [6.45, 7) is 2.97. The van der Waals surface area contributed by atoms with Crippen LogP contribution in [0.2, 0.25) is 0 Å². The molecule has 1 fully saturated rings. The number of carboxylic acid groups (broad SMARTS) is 1. The minimum Gasteiger partial charge on any atom is -0.481 e. The Hall–Kier alpha value is -2.94. The largest absolute Gasteiger partial charge is 0.481 e. The maximum Gasteiger partial charge on any atom is 0.327 e. The van der Waals surface area contributed by atoms with Crippen LogP contribution in [0, 0.1) is 5.92 Å². The first kappa shape index (κ1) is 22.3. The van der Waals surface area contributed by atoms with Gasteiger partial charge in [0.05, 0.1) is 11.6 Å². The van der Waals surface area contributed by atoms with Crippen LogP contribution in [0.5, 0.6) is 0 Å². The maximum atomic E-state index is 12.7. The fourth-order valence-electron chi connectivity index (χ4n) is 4.49. The standard InChI is InChI=1S/C23H27N3O5S/c1-23(2)21(29)26(22(30)25(23)3)12-14(20(27)28)10-17(24-31)13-8-9-16-15-6-4-5-7-18(15)32-19(16)11-13/h8-9,11,14,31H,4-7,10,12H2,1-3H3,(H,27,28). The number of hydrogen-bond donors (Lipinski definition) is 2. The summed E-state index contributed by atoms with van der Waals surface area (Å²) < 4.78 is 1.09. The molecular formula is C23H27N3O5S. The third-order valence-electron chi connectivity index (χ3n) is 6.73. The van der Waals surface area contributed by atoms with Crippen molar-refractivity contribution < 1.29 is 24.7 Å². The fourth-order valence-corrected chi connectivity index (χ4v) is 5.82. The SMILES string of the molecule is CN1C(=O)N(CC(CC(=NO)c2ccc3c4c(sc3c2)CCCC4)C(=O)O)C(=O)C1(C)C. The summed E-state index contributed by atoms with van der Waals surface area (Å²) in [5, 5.41) is 24.0. The monoisotopic (exact) mass is 457 g/mol. The van der Waals surface area contributed by atoms with Gasteiger partial charge in [-0.05, 0) is 56.5 Å². The van der Waals surface area contributed by atoms with Crippen molar-refractivity contribution in [2.45, 2.75) is 51.5 Å². The maximum absolute atomic E-state index is 12.7. The van der Waals surface area contributed by atoms with Gasteiger partial charge in [0, 0.05) is 35.2 Å². The van der Waals surface area contributed by atoms with Crippen molar-refractivity contribution in [1.29, 1.82) is 0 Å². The topological polar surface area (TPSA) is 111 Å². The molecule has 8 nitrogen and oxygen atoms in total. The van der Waals surface area contributed by atoms with Gasteiger partial charge in [0.25, 0.3) is 5.91 Å². The average molecular weight is 458 g/mol. The van der Waals surface area contributed by atoms with E-state index in [4.69, 9.17) is 0 Å². The number of rotatable bonds is 6. The van der Waals surface area contributed by atoms with E-state index in [0.717, 1.165) is 22.4 Å². The minimum atomic E-state index is -1.16. The van der Waals surface area contributed by atoms with E-state index in [1.165, 1.54) is 40.6 Å². The second kappa shape index (κ2) is 8.20. The quantitative estimate of drug-likeness (QED) is 0.297. The smallest absolute Gasteiger partial charge is 0.327 e. The zero-order valence-corrected chi connectivity index (χ0v) is 19.2. The van der Waals surface area contributed by atoms with E-state index in [0.29, 0.717) is 5.56 Å². The van der Waals surface area contributed by atoms with Gasteiger partial charge in [0.15, 0.2) is 0 Å². The number of benzene rings is 1. The van der Waals surface area contributed by atoms with E-state index in [1.54, 1.807) is 25.2 Å². The highest BCUT2D eigenvalue weighted by Crippen LogP contribution is 2.37. The number of hydrogen-bond acceptors (Lipinski definition) is 6. The molecule has 0 spiro atoms. The Bertz CT molecular complexity index is 1140. The Morgan fingerprint density at radius 1 is 1.25 bits per heavy atom. The predicted molar refractivity (Wildman–Crippen MR) is 121 cm³/mol. The molecule has 2 N–H and O–H groups in total. The second-order valence-electron chi connectivity index (χ2n) is 9.02. The molecule has 1 atom stereocenters. The molecule has 1 aromatic heterocycles. The number of carboxylic acids is 1. The molecule has 0 radical (unpaired) electrons. The zero-order chi connectivity index (χ0) is 23.2. The lowest BCUT2D eigenvalue weighted by molar-refractivity contribution is -0.142. The van der Waals surface area contributed by atoms with Crippen LogP contribution >= 0.6 is 11.3 Å². The molecule has 32 heavy (non-hydrogen) atoms. The Balaban J connectivity index is 1.58. The Morgan fingerprint density at radius 3 is 2.59 bits per heavy atom. The molecule has 1 aliphatic carbocycles. The second-order valence-corrected chi connectivity index (χ2v) is 10.2. The van der Waals surface area contributed by atoms with E-state index < -0.39 is 29.4 Å². The van der Waals surface area contributed by atoms with Gasteiger partial charge in [0.1, 0.15) is 5.54 Å². The molecule has 0 saturated carbocycles. The van der Waals surface area contributed by atoms with Gasteiger partial charge in [-0.1, -0.05) is 17.3 Å². The third-order valence-corrected chi connectivity index (χ3v) is 7.98. The van der Waals surface area contributed by atoms with E-state index in [-0.39, 0.29) is 18.7 Å². The summed E-state index contributed by atoms with van der Waals surface area (Å²) in [5.74, 6) is -2.69. The number of carbonyl (C=O) groups is 3. The van der Waals surface area contributed by atoms with Crippen molar-refractivity contribution in [3.63, 3.8) is 0 Å². The highest BCUT2D eigenvalue weighted by atomic mass is 32.1. The Kier molecular flexibility index (Phi) is 5.70. The van der Waals surface area contributed by atoms with Crippen LogP contribution in [0.3, 0.4) is 0 Å². The van der Waals surface area contributed by atoms with Crippen molar-refractivity contribution in [2.75, 3.05) is 13.6 Å². The number of oxime groups is 1. The summed E-state index contributed by atoms with van der Waals surface area (Å²) in [4.78, 5) is 40.8. The number of amides is 3. The molecule has 3 amide bonds. The lowest BCUT2D eigenvalue weighted by Crippen LogP contribution is -2.42. The summed E-state index contributed by atoms with van der Waals surface area (Å²) in [6, 6.07) is 5.27. The minimum absolute atomic E-state index is 0.108. The lowest BCUT2D eigenvalue weighted by atomic mass is 9.94. The van der Waals surface area contributed by atoms with Crippen molar-refractivity contribution in [3.05, 3.63) is 34.2 Å². The number of thiophene rings is 1. The number of fused-ring (bicyclic) bond motifs is 3. The molecule has 9 heteroatoms. The van der Waals surface area contributed by atoms with Gasteiger partial charge in [-0.3, -0.25) is 14.5 Å². The number of urea groups is 1. The summed E-state index contributed by atoms with van der Waals surface area (Å²) in [5.41, 5.74) is 1.22. The molecule has 4 rings (SSSR count). The molecule has 2 aliphatic rings. The van der Waals surface area contributed by atoms with Crippen LogP contribution in [0.4, 0.5) is 4.79 Å². The highest BCUT2D eigenvalue weighted by Gasteiger charge is 2.50. The molecule has 170 valence electrons. The van der Waals surface area contributed by atoms with E-state index in [1.807, 2.05) is 18.2 Å². The van der Waals surface area contributed by atoms with Gasteiger partial charge in [-0.2, -0.15) is 0 Å². The van der Waals surface area contributed by atoms with Crippen molar-refractivity contribution in [1.82, 2.24) is 9.80 Å². The van der Waals surface area contributed by atoms with Crippen LogP contribution < -0.4 is 0 Å². The Labute approximate surface area is 190 Å². The van der Waals surface area contributed by atoms with Crippen LogP contribution in [-0.2, 0) is 22.4 Å². The first-order valence-corrected chi connectivity index (χ1v) is 11.5. The number of carbonyl (C=O) groups excluding carboxylic acids is 2. The number of likely N-dealkylation sites (N-methyl/N-ethyl adjacent to an activating group) is 1. The van der Waals surface area contributed by atoms with Crippen LogP contribution in [0.1, 0.15) is 49.1 Å². The summed E-state index contributed by atoms with van der Waals surface area (Å²) in [6.07, 6.45) is 4.41. The van der Waals surface area contributed by atoms with Gasteiger partial charge in [-0.25, -0.2) is 4.79 Å². The molecular weight excluding hydrogens is 430 g/mol. The van der Waals surface area contributed by atoms with Crippen molar-refractivity contribution >= 4 is 45.0 Å². The van der Waals surface area contributed by atoms with Gasteiger partial charge in [-0.15, -0.1) is 11.3 Å². The third kappa shape index (κ3) is 3.64. The molecule has 1 saturated heterocycles. The van der Waals surface area contributed by atoms with E-state index >= 15 is 0 Å². The fraction of sp³-hybridized carbons (Fsp3) is 0.478. The number of aryl methyl sites for hydroxylation is 2. The molecule has 1 aliphatic heterocycles. The molecule has 0 bridgehead atoms.